The molecule has 2 aliphatic carbocycles. The number of allylic oxidation sites excluding steroid dienone is 4. The second-order valence-corrected chi connectivity index (χ2v) is 11.7. The van der Waals surface area contributed by atoms with E-state index in [-0.39, 0.29) is 17.5 Å². The molecule has 0 bridgehead atoms. The number of nitrogens with zero attached hydrogens (tertiary/aromatic N) is 1. The van der Waals surface area contributed by atoms with Gasteiger partial charge in [-0.15, -0.1) is 0 Å². The quantitative estimate of drug-likeness (QED) is 0.221. The van der Waals surface area contributed by atoms with Gasteiger partial charge in [0.2, 0.25) is 0 Å². The van der Waals surface area contributed by atoms with Crippen molar-refractivity contribution in [2.75, 3.05) is 20.3 Å². The Morgan fingerprint density at radius 2 is 1.18 bits per heavy atom. The third-order valence-corrected chi connectivity index (χ3v) is 8.78. The van der Waals surface area contributed by atoms with E-state index in [2.05, 4.69) is 4.90 Å². The lowest BCUT2D eigenvalue weighted by Crippen LogP contribution is -2.37. The Kier molecular flexibility index (Phi) is 9.24. The first-order chi connectivity index (χ1) is 22.0. The van der Waals surface area contributed by atoms with Crippen molar-refractivity contribution in [2.45, 2.75) is 71.5 Å². The molecule has 0 unspecified atom stereocenters. The van der Waals surface area contributed by atoms with Crippen LogP contribution < -0.4 is 18.9 Å². The maximum absolute atomic E-state index is 13.4. The SMILES string of the molecule is CCOc1cc(COc2ccc(C3C4=C(CCCC4=O)N(C)C4=C3C(=O)CCC4)cc2OCC)ccc1OCc1ccccc1. The van der Waals surface area contributed by atoms with Crippen molar-refractivity contribution in [2.24, 2.45) is 0 Å². The third-order valence-electron chi connectivity index (χ3n) is 8.78. The van der Waals surface area contributed by atoms with Crippen LogP contribution >= 0.6 is 0 Å². The Labute approximate surface area is 265 Å². The maximum Gasteiger partial charge on any atom is 0.161 e. The number of ether oxygens (including phenoxy) is 4. The molecule has 3 aliphatic rings. The van der Waals surface area contributed by atoms with Gasteiger partial charge in [-0.25, -0.2) is 0 Å². The van der Waals surface area contributed by atoms with Crippen LogP contribution in [0.2, 0.25) is 0 Å². The lowest BCUT2D eigenvalue weighted by Gasteiger charge is -2.42. The zero-order valence-corrected chi connectivity index (χ0v) is 26.4. The highest BCUT2D eigenvalue weighted by Crippen LogP contribution is 2.49. The third kappa shape index (κ3) is 6.35. The van der Waals surface area contributed by atoms with Crippen molar-refractivity contribution in [1.82, 2.24) is 4.90 Å². The smallest absolute Gasteiger partial charge is 0.161 e. The highest BCUT2D eigenvalue weighted by Gasteiger charge is 2.42. The summed E-state index contributed by atoms with van der Waals surface area (Å²) in [7, 11) is 2.01. The van der Waals surface area contributed by atoms with E-state index in [9.17, 15) is 9.59 Å². The van der Waals surface area contributed by atoms with Gasteiger partial charge >= 0.3 is 0 Å². The molecule has 3 aromatic carbocycles. The minimum Gasteiger partial charge on any atom is -0.490 e. The molecule has 3 aromatic rings. The maximum atomic E-state index is 13.4. The van der Waals surface area contributed by atoms with Gasteiger partial charge in [-0.1, -0.05) is 42.5 Å². The monoisotopic (exact) mass is 607 g/mol. The second-order valence-electron chi connectivity index (χ2n) is 11.7. The van der Waals surface area contributed by atoms with E-state index in [1.807, 2.05) is 87.6 Å². The molecule has 0 atom stereocenters. The average Bonchev–Trinajstić information content (AvgIpc) is 3.05. The van der Waals surface area contributed by atoms with Crippen LogP contribution in [0.4, 0.5) is 0 Å². The summed E-state index contributed by atoms with van der Waals surface area (Å²) >= 11 is 0. The topological polar surface area (TPSA) is 74.3 Å². The molecule has 1 aliphatic heterocycles. The summed E-state index contributed by atoms with van der Waals surface area (Å²) in [6.45, 7) is 5.60. The van der Waals surface area contributed by atoms with Gasteiger partial charge in [0.15, 0.2) is 34.6 Å². The number of carbonyl (C=O) groups is 2. The summed E-state index contributed by atoms with van der Waals surface area (Å²) < 4.78 is 24.4. The number of benzene rings is 3. The fourth-order valence-corrected chi connectivity index (χ4v) is 6.70. The number of Topliss-reactive ketones (excluding diaryl/α,β-unsaturated/α-hetero) is 2. The second kappa shape index (κ2) is 13.6. The molecule has 7 heteroatoms. The Bertz CT molecular complexity index is 1600. The van der Waals surface area contributed by atoms with Gasteiger partial charge in [-0.2, -0.15) is 0 Å². The minimum atomic E-state index is -0.378. The van der Waals surface area contributed by atoms with Crippen LogP contribution in [-0.4, -0.2) is 36.7 Å². The predicted molar refractivity (Wildman–Crippen MR) is 173 cm³/mol. The molecule has 0 N–H and O–H groups in total. The molecule has 0 amide bonds. The van der Waals surface area contributed by atoms with Gasteiger partial charge in [0.25, 0.3) is 0 Å². The van der Waals surface area contributed by atoms with E-state index < -0.39 is 0 Å². The molecular weight excluding hydrogens is 566 g/mol. The Balaban J connectivity index is 1.26. The fraction of sp³-hybridized carbons (Fsp3) is 0.368. The van der Waals surface area contributed by atoms with Gasteiger partial charge in [-0.3, -0.25) is 9.59 Å². The molecule has 1 heterocycles. The van der Waals surface area contributed by atoms with Crippen molar-refractivity contribution >= 4 is 11.6 Å². The molecule has 7 nitrogen and oxygen atoms in total. The number of ketones is 2. The van der Waals surface area contributed by atoms with Gasteiger partial charge in [0, 0.05) is 48.3 Å². The Hall–Kier alpha value is -4.52. The van der Waals surface area contributed by atoms with E-state index in [4.69, 9.17) is 18.9 Å². The molecular formula is C38H41NO6. The van der Waals surface area contributed by atoms with Gasteiger partial charge in [0.05, 0.1) is 13.2 Å². The zero-order chi connectivity index (χ0) is 31.3. The van der Waals surface area contributed by atoms with E-state index >= 15 is 0 Å². The largest absolute Gasteiger partial charge is 0.490 e. The summed E-state index contributed by atoms with van der Waals surface area (Å²) in [5, 5.41) is 0. The van der Waals surface area contributed by atoms with Crippen molar-refractivity contribution in [3.8, 4) is 23.0 Å². The summed E-state index contributed by atoms with van der Waals surface area (Å²) in [4.78, 5) is 28.9. The van der Waals surface area contributed by atoms with Crippen molar-refractivity contribution in [3.05, 3.63) is 106 Å². The van der Waals surface area contributed by atoms with Gasteiger partial charge in [-0.05, 0) is 80.5 Å². The van der Waals surface area contributed by atoms with E-state index in [0.717, 1.165) is 64.9 Å². The van der Waals surface area contributed by atoms with Crippen LogP contribution in [0.15, 0.2) is 89.3 Å². The first-order valence-electron chi connectivity index (χ1n) is 16.1. The van der Waals surface area contributed by atoms with E-state index in [1.54, 1.807) is 0 Å². The molecule has 0 saturated carbocycles. The van der Waals surface area contributed by atoms with Crippen LogP contribution in [0, 0.1) is 0 Å². The molecule has 234 valence electrons. The van der Waals surface area contributed by atoms with E-state index in [1.165, 1.54) is 0 Å². The first kappa shape index (κ1) is 30.5. The number of hydrogen-bond donors (Lipinski definition) is 0. The number of hydrogen-bond acceptors (Lipinski definition) is 7. The highest BCUT2D eigenvalue weighted by atomic mass is 16.5. The zero-order valence-electron chi connectivity index (χ0n) is 26.4. The average molecular weight is 608 g/mol. The normalized spacial score (nSPS) is 16.8. The van der Waals surface area contributed by atoms with Crippen LogP contribution in [-0.2, 0) is 22.8 Å². The Morgan fingerprint density at radius 3 is 1.78 bits per heavy atom. The standard InChI is InChI=1S/C38H41NO6/c1-4-42-34-21-26(17-19-32(34)44-23-25-11-7-6-8-12-25)24-45-33-20-18-27(22-35(33)43-5-2)36-37-28(13-9-15-30(37)40)39(3)29-14-10-16-31(41)38(29)36/h6-8,11-12,17-22,36H,4-5,9-10,13-16,23-24H2,1-3H3. The molecule has 0 radical (unpaired) electrons. The predicted octanol–water partition coefficient (Wildman–Crippen LogP) is 7.69. The lowest BCUT2D eigenvalue weighted by molar-refractivity contribution is -0.117. The van der Waals surface area contributed by atoms with Gasteiger partial charge in [0.1, 0.15) is 13.2 Å². The van der Waals surface area contributed by atoms with Crippen molar-refractivity contribution in [1.29, 1.82) is 0 Å². The van der Waals surface area contributed by atoms with Crippen LogP contribution in [0.5, 0.6) is 23.0 Å². The summed E-state index contributed by atoms with van der Waals surface area (Å²) in [6.07, 6.45) is 4.40. The fourth-order valence-electron chi connectivity index (χ4n) is 6.70. The molecule has 0 saturated heterocycles. The number of rotatable bonds is 11. The van der Waals surface area contributed by atoms with Crippen LogP contribution in [0.1, 0.15) is 75.0 Å². The van der Waals surface area contributed by atoms with Crippen molar-refractivity contribution < 1.29 is 28.5 Å². The summed E-state index contributed by atoms with van der Waals surface area (Å²) in [5.41, 5.74) is 6.56. The summed E-state index contributed by atoms with van der Waals surface area (Å²) in [5.74, 6) is 2.44. The molecule has 0 spiro atoms. The van der Waals surface area contributed by atoms with Crippen LogP contribution in [0.25, 0.3) is 0 Å². The molecule has 0 aromatic heterocycles. The molecule has 6 rings (SSSR count). The minimum absolute atomic E-state index is 0.137. The number of carbonyl (C=O) groups excluding carboxylic acids is 2. The lowest BCUT2D eigenvalue weighted by atomic mass is 9.71. The Morgan fingerprint density at radius 1 is 0.622 bits per heavy atom. The van der Waals surface area contributed by atoms with Gasteiger partial charge < -0.3 is 23.8 Å². The highest BCUT2D eigenvalue weighted by molar-refractivity contribution is 6.06. The summed E-state index contributed by atoms with van der Waals surface area (Å²) in [6, 6.07) is 21.7. The molecule has 45 heavy (non-hydrogen) atoms. The van der Waals surface area contributed by atoms with Crippen molar-refractivity contribution in [3.63, 3.8) is 0 Å². The van der Waals surface area contributed by atoms with Crippen LogP contribution in [0.3, 0.4) is 0 Å². The molecule has 0 fully saturated rings. The first-order valence-corrected chi connectivity index (χ1v) is 16.1. The van der Waals surface area contributed by atoms with E-state index in [0.29, 0.717) is 62.3 Å².